The zero-order chi connectivity index (χ0) is 14.5. The van der Waals surface area contributed by atoms with Gasteiger partial charge >= 0.3 is 32.7 Å². The fourth-order valence-corrected chi connectivity index (χ4v) is 2.58. The minimum Gasteiger partial charge on any atom is -0.352 e. The molecule has 0 saturated heterocycles. The molecule has 6 heteroatoms. The minimum absolute atomic E-state index is 0. The molecule has 2 aromatic rings. The first-order valence-corrected chi connectivity index (χ1v) is 7.79. The van der Waals surface area contributed by atoms with E-state index < -0.39 is 0 Å². The Labute approximate surface area is 156 Å². The topological polar surface area (TPSA) is 50.7 Å². The van der Waals surface area contributed by atoms with E-state index in [0.29, 0.717) is 12.0 Å². The van der Waals surface area contributed by atoms with Crippen molar-refractivity contribution in [1.82, 2.24) is 15.0 Å². The number of thiophene rings is 1. The molecule has 108 valence electrons. The van der Waals surface area contributed by atoms with Crippen LogP contribution in [0, 0.1) is 12.8 Å². The van der Waals surface area contributed by atoms with Crippen molar-refractivity contribution in [2.75, 3.05) is 5.32 Å². The molecule has 0 amide bonds. The standard InChI is InChI=1S/C15H21N4S.Y/c1-10(2)14-17-12(4)18-15(19-14)16-11(3)5-6-13-7-8-20-9-13;/h7-9,11H,5-6H2,1-4H3,(H,16,17,18,19);/q-1;+3. The van der Waals surface area contributed by atoms with E-state index in [1.807, 2.05) is 20.8 Å². The first kappa shape index (κ1) is 18.5. The molecule has 2 aromatic heterocycles. The first-order chi connectivity index (χ1) is 9.54. The third kappa shape index (κ3) is 6.01. The largest absolute Gasteiger partial charge is 3.00 e. The predicted molar refractivity (Wildman–Crippen MR) is 84.0 cm³/mol. The van der Waals surface area contributed by atoms with Gasteiger partial charge < -0.3 is 11.2 Å². The van der Waals surface area contributed by atoms with Gasteiger partial charge in [0, 0.05) is 11.9 Å². The molecular weight excluding hydrogens is 357 g/mol. The van der Waals surface area contributed by atoms with Gasteiger partial charge in [-0.05, 0) is 49.1 Å². The average Bonchev–Trinajstić information content (AvgIpc) is 2.88. The summed E-state index contributed by atoms with van der Waals surface area (Å²) in [4.78, 5) is 13.1. The molecule has 1 N–H and O–H groups in total. The van der Waals surface area contributed by atoms with Gasteiger partial charge in [0.25, 0.3) is 0 Å². The first-order valence-electron chi connectivity index (χ1n) is 6.85. The molecule has 1 atom stereocenters. The number of aryl methyl sites for hydroxylation is 2. The fraction of sp³-hybridized carbons (Fsp3) is 0.467. The fourth-order valence-electron chi connectivity index (χ4n) is 1.88. The van der Waals surface area contributed by atoms with E-state index in [9.17, 15) is 0 Å². The second-order valence-corrected chi connectivity index (χ2v) is 6.03. The van der Waals surface area contributed by atoms with Gasteiger partial charge in [-0.15, -0.1) is 0 Å². The van der Waals surface area contributed by atoms with Crippen LogP contribution >= 0.6 is 11.3 Å². The summed E-state index contributed by atoms with van der Waals surface area (Å²) in [7, 11) is 0. The molecule has 0 aliphatic heterocycles. The van der Waals surface area contributed by atoms with Gasteiger partial charge in [0.1, 0.15) is 5.82 Å². The maximum absolute atomic E-state index is 4.45. The molecule has 2 rings (SSSR count). The van der Waals surface area contributed by atoms with E-state index in [-0.39, 0.29) is 32.7 Å². The number of anilines is 1. The Morgan fingerprint density at radius 3 is 2.67 bits per heavy atom. The predicted octanol–water partition coefficient (Wildman–Crippen LogP) is 3.63. The number of rotatable bonds is 6. The third-order valence-corrected chi connectivity index (χ3v) is 3.75. The Morgan fingerprint density at radius 2 is 2.05 bits per heavy atom. The molecule has 1 unspecified atom stereocenters. The Balaban J connectivity index is 0.00000220. The van der Waals surface area contributed by atoms with Gasteiger partial charge in [-0.3, -0.25) is 4.98 Å². The molecule has 4 nitrogen and oxygen atoms in total. The molecule has 0 aliphatic carbocycles. The Hall–Kier alpha value is -0.516. The summed E-state index contributed by atoms with van der Waals surface area (Å²) < 4.78 is 0. The summed E-state index contributed by atoms with van der Waals surface area (Å²) in [5.41, 5.74) is 1.40. The van der Waals surface area contributed by atoms with Gasteiger partial charge in [0.05, 0.1) is 0 Å². The maximum atomic E-state index is 4.45. The van der Waals surface area contributed by atoms with Crippen molar-refractivity contribution in [3.63, 3.8) is 0 Å². The molecule has 0 saturated carbocycles. The van der Waals surface area contributed by atoms with Crippen LogP contribution in [-0.2, 0) is 39.1 Å². The molecule has 0 radical (unpaired) electrons. The van der Waals surface area contributed by atoms with Crippen molar-refractivity contribution in [2.45, 2.75) is 46.6 Å². The second kappa shape index (κ2) is 8.81. The average molecular weight is 378 g/mol. The molecule has 21 heavy (non-hydrogen) atoms. The molecule has 2 heterocycles. The Morgan fingerprint density at radius 1 is 1.29 bits per heavy atom. The zero-order valence-electron chi connectivity index (χ0n) is 13.1. The van der Waals surface area contributed by atoms with Gasteiger partial charge in [0.2, 0.25) is 5.95 Å². The van der Waals surface area contributed by atoms with Crippen LogP contribution in [0.1, 0.15) is 44.4 Å². The number of nitrogens with one attached hydrogen (secondary N) is 1. The molecule has 0 spiro atoms. The van der Waals surface area contributed by atoms with Crippen LogP contribution in [-0.4, -0.2) is 21.0 Å². The van der Waals surface area contributed by atoms with E-state index in [4.69, 9.17) is 0 Å². The Bertz CT molecular complexity index is 543. The van der Waals surface area contributed by atoms with Crippen LogP contribution in [0.2, 0.25) is 0 Å². The van der Waals surface area contributed by atoms with Gasteiger partial charge in [-0.2, -0.15) is 30.2 Å². The van der Waals surface area contributed by atoms with E-state index in [2.05, 4.69) is 44.0 Å². The van der Waals surface area contributed by atoms with Crippen LogP contribution in [0.3, 0.4) is 0 Å². The summed E-state index contributed by atoms with van der Waals surface area (Å²) >= 11 is 1.75. The maximum Gasteiger partial charge on any atom is 3.00 e. The van der Waals surface area contributed by atoms with E-state index >= 15 is 0 Å². The van der Waals surface area contributed by atoms with Gasteiger partial charge in [0.15, 0.2) is 0 Å². The monoisotopic (exact) mass is 378 g/mol. The quantitative estimate of drug-likeness (QED) is 0.780. The van der Waals surface area contributed by atoms with Gasteiger partial charge in [-0.25, -0.2) is 4.98 Å². The van der Waals surface area contributed by atoms with Crippen LogP contribution in [0.25, 0.3) is 0 Å². The summed E-state index contributed by atoms with van der Waals surface area (Å²) in [6, 6.07) is 2.51. The van der Waals surface area contributed by atoms with E-state index in [1.54, 1.807) is 11.3 Å². The van der Waals surface area contributed by atoms with E-state index in [1.165, 1.54) is 5.56 Å². The van der Waals surface area contributed by atoms with Crippen molar-refractivity contribution >= 4 is 17.3 Å². The van der Waals surface area contributed by atoms with Crippen LogP contribution in [0.4, 0.5) is 5.95 Å². The van der Waals surface area contributed by atoms with Gasteiger partial charge in [-0.1, -0.05) is 0 Å². The van der Waals surface area contributed by atoms with Crippen LogP contribution in [0.5, 0.6) is 0 Å². The number of hydrogen-bond donors (Lipinski definition) is 1. The summed E-state index contributed by atoms with van der Waals surface area (Å²) in [6.45, 7) is 8.08. The summed E-state index contributed by atoms with van der Waals surface area (Å²) in [6.07, 6.45) is 2.14. The van der Waals surface area contributed by atoms with Crippen LogP contribution < -0.4 is 5.32 Å². The van der Waals surface area contributed by atoms with Crippen molar-refractivity contribution < 1.29 is 32.7 Å². The van der Waals surface area contributed by atoms with Crippen molar-refractivity contribution in [3.05, 3.63) is 40.0 Å². The molecule has 0 bridgehead atoms. The number of hydrogen-bond acceptors (Lipinski definition) is 5. The molecule has 0 aromatic carbocycles. The van der Waals surface area contributed by atoms with Crippen molar-refractivity contribution in [3.8, 4) is 0 Å². The second-order valence-electron chi connectivity index (χ2n) is 5.25. The Kier molecular flexibility index (Phi) is 7.78. The van der Waals surface area contributed by atoms with E-state index in [0.717, 1.165) is 30.4 Å². The van der Waals surface area contributed by atoms with Crippen molar-refractivity contribution in [1.29, 1.82) is 0 Å². The molecule has 0 aliphatic rings. The number of aromatic nitrogens is 3. The molecule has 0 fully saturated rings. The summed E-state index contributed by atoms with van der Waals surface area (Å²) in [5, 5.41) is 7.69. The minimum atomic E-state index is 0. The van der Waals surface area contributed by atoms with Crippen molar-refractivity contribution in [2.24, 2.45) is 0 Å². The SMILES string of the molecule is Cc1nc(NC(C)CCc2ccsc2)nc([C-](C)C)n1.[Y+3]. The zero-order valence-corrected chi connectivity index (χ0v) is 16.7. The molecular formula is C15H21N4SY+2. The van der Waals surface area contributed by atoms with Crippen LogP contribution in [0.15, 0.2) is 16.8 Å². The third-order valence-electron chi connectivity index (χ3n) is 3.02. The normalized spacial score (nSPS) is 11.6. The number of nitrogens with zero attached hydrogens (tertiary/aromatic N) is 3. The summed E-state index contributed by atoms with van der Waals surface area (Å²) in [5.74, 6) is 3.30. The smallest absolute Gasteiger partial charge is 0.352 e.